The summed E-state index contributed by atoms with van der Waals surface area (Å²) >= 11 is 0. The smallest absolute Gasteiger partial charge is 0.328 e. The lowest BCUT2D eigenvalue weighted by atomic mass is 10.3. The molecule has 0 saturated heterocycles. The van der Waals surface area contributed by atoms with Crippen molar-refractivity contribution < 1.29 is 32.0 Å². The van der Waals surface area contributed by atoms with E-state index < -0.39 is 40.3 Å². The molecule has 0 fully saturated rings. The minimum absolute atomic E-state index is 0.0400. The predicted octanol–water partition coefficient (Wildman–Crippen LogP) is 0.983. The van der Waals surface area contributed by atoms with Crippen molar-refractivity contribution in [3.63, 3.8) is 0 Å². The Labute approximate surface area is 155 Å². The molecular formula is C17H18N2O7S. The zero-order valence-electron chi connectivity index (χ0n) is 14.6. The number of ether oxygens (including phenoxy) is 1. The van der Waals surface area contributed by atoms with Crippen LogP contribution in [0.5, 0.6) is 0 Å². The van der Waals surface area contributed by atoms with E-state index in [-0.39, 0.29) is 16.3 Å². The zero-order valence-corrected chi connectivity index (χ0v) is 15.4. The molecule has 0 aliphatic rings. The summed E-state index contributed by atoms with van der Waals surface area (Å²) in [6.45, 7) is 0.805. The number of hydrogen-bond acceptors (Lipinski definition) is 7. The summed E-state index contributed by atoms with van der Waals surface area (Å²) < 4.78 is 32.8. The Bertz CT molecular complexity index is 936. The normalized spacial score (nSPS) is 12.1. The lowest BCUT2D eigenvalue weighted by Crippen LogP contribution is -2.40. The van der Waals surface area contributed by atoms with Crippen molar-refractivity contribution in [1.29, 1.82) is 0 Å². The first-order chi connectivity index (χ1) is 12.7. The summed E-state index contributed by atoms with van der Waals surface area (Å²) in [6, 6.07) is 7.64. The number of benzene rings is 1. The van der Waals surface area contributed by atoms with Gasteiger partial charge in [0.25, 0.3) is 11.8 Å². The van der Waals surface area contributed by atoms with Crippen LogP contribution in [-0.4, -0.2) is 45.1 Å². The fourth-order valence-electron chi connectivity index (χ4n) is 2.00. The van der Waals surface area contributed by atoms with Gasteiger partial charge >= 0.3 is 5.97 Å². The number of hydrogen-bond donors (Lipinski definition) is 2. The molecule has 0 spiro atoms. The van der Waals surface area contributed by atoms with Crippen LogP contribution in [0.1, 0.15) is 17.5 Å². The SMILES string of the molecule is C[C@H](NC(=O)c1ccco1)C(=O)OCC(=O)Nc1cccc(S(C)(=O)=O)c1. The molecule has 0 aliphatic heterocycles. The van der Waals surface area contributed by atoms with Gasteiger partial charge in [0.1, 0.15) is 6.04 Å². The molecule has 0 saturated carbocycles. The van der Waals surface area contributed by atoms with Crippen LogP contribution >= 0.6 is 0 Å². The maximum atomic E-state index is 11.9. The molecule has 1 aromatic carbocycles. The lowest BCUT2D eigenvalue weighted by molar-refractivity contribution is -0.148. The first-order valence-corrected chi connectivity index (χ1v) is 9.67. The number of amides is 2. The summed E-state index contributed by atoms with van der Waals surface area (Å²) in [6.07, 6.45) is 2.37. The Hall–Kier alpha value is -3.14. The van der Waals surface area contributed by atoms with Crippen molar-refractivity contribution in [2.24, 2.45) is 0 Å². The van der Waals surface area contributed by atoms with Gasteiger partial charge in [-0.1, -0.05) is 6.07 Å². The molecule has 2 aromatic rings. The first-order valence-electron chi connectivity index (χ1n) is 7.78. The predicted molar refractivity (Wildman–Crippen MR) is 94.8 cm³/mol. The highest BCUT2D eigenvalue weighted by atomic mass is 32.2. The number of rotatable bonds is 7. The van der Waals surface area contributed by atoms with Crippen molar-refractivity contribution >= 4 is 33.3 Å². The van der Waals surface area contributed by atoms with Crippen molar-refractivity contribution in [2.75, 3.05) is 18.2 Å². The Kier molecular flexibility index (Phi) is 6.35. The molecule has 10 heteroatoms. The first kappa shape index (κ1) is 20.2. The van der Waals surface area contributed by atoms with Gasteiger partial charge in [-0.2, -0.15) is 0 Å². The van der Waals surface area contributed by atoms with Crippen LogP contribution in [0.4, 0.5) is 5.69 Å². The Morgan fingerprint density at radius 2 is 1.93 bits per heavy atom. The molecule has 0 unspecified atom stereocenters. The molecule has 1 aromatic heterocycles. The minimum atomic E-state index is -3.41. The second-order valence-corrected chi connectivity index (χ2v) is 7.64. The fraction of sp³-hybridized carbons (Fsp3) is 0.235. The van der Waals surface area contributed by atoms with E-state index in [0.29, 0.717) is 0 Å². The molecule has 2 rings (SSSR count). The maximum Gasteiger partial charge on any atom is 0.328 e. The third kappa shape index (κ3) is 5.96. The molecule has 0 radical (unpaired) electrons. The summed E-state index contributed by atoms with van der Waals surface area (Å²) in [5.41, 5.74) is 0.248. The second-order valence-electron chi connectivity index (χ2n) is 5.63. The van der Waals surface area contributed by atoms with Gasteiger partial charge in [-0.3, -0.25) is 9.59 Å². The van der Waals surface area contributed by atoms with Crippen LogP contribution in [0.15, 0.2) is 52.0 Å². The average Bonchev–Trinajstić information content (AvgIpc) is 3.14. The fourth-order valence-corrected chi connectivity index (χ4v) is 2.66. The molecule has 0 bridgehead atoms. The van der Waals surface area contributed by atoms with E-state index in [4.69, 9.17) is 9.15 Å². The van der Waals surface area contributed by atoms with Crippen molar-refractivity contribution in [3.8, 4) is 0 Å². The standard InChI is InChI=1S/C17H18N2O7S/c1-11(18-16(21)14-7-4-8-25-14)17(22)26-10-15(20)19-12-5-3-6-13(9-12)27(2,23)24/h3-9,11H,10H2,1-2H3,(H,18,21)(H,19,20)/t11-/m0/s1. The molecule has 2 amide bonds. The number of sulfone groups is 1. The van der Waals surface area contributed by atoms with Crippen LogP contribution in [0, 0.1) is 0 Å². The van der Waals surface area contributed by atoms with E-state index in [1.807, 2.05) is 0 Å². The third-order valence-electron chi connectivity index (χ3n) is 3.34. The van der Waals surface area contributed by atoms with E-state index in [1.165, 1.54) is 49.6 Å². The minimum Gasteiger partial charge on any atom is -0.459 e. The second kappa shape index (κ2) is 8.49. The molecule has 1 atom stereocenters. The van der Waals surface area contributed by atoms with E-state index in [1.54, 1.807) is 0 Å². The van der Waals surface area contributed by atoms with Gasteiger partial charge in [0.2, 0.25) is 0 Å². The van der Waals surface area contributed by atoms with Gasteiger partial charge in [-0.25, -0.2) is 13.2 Å². The third-order valence-corrected chi connectivity index (χ3v) is 4.45. The molecule has 0 aliphatic carbocycles. The van der Waals surface area contributed by atoms with Crippen molar-refractivity contribution in [1.82, 2.24) is 5.32 Å². The summed E-state index contributed by atoms with van der Waals surface area (Å²) in [7, 11) is -3.41. The average molecular weight is 394 g/mol. The van der Waals surface area contributed by atoms with E-state index in [2.05, 4.69) is 10.6 Å². The van der Waals surface area contributed by atoms with Crippen molar-refractivity contribution in [2.45, 2.75) is 17.9 Å². The number of furan rings is 1. The van der Waals surface area contributed by atoms with Gasteiger partial charge in [0.15, 0.2) is 22.2 Å². The number of anilines is 1. The number of carbonyl (C=O) groups excluding carboxylic acids is 3. The van der Waals surface area contributed by atoms with Gasteiger partial charge in [0, 0.05) is 11.9 Å². The molecular weight excluding hydrogens is 376 g/mol. The van der Waals surface area contributed by atoms with E-state index in [0.717, 1.165) is 6.26 Å². The quantitative estimate of drug-likeness (QED) is 0.669. The highest BCUT2D eigenvalue weighted by Crippen LogP contribution is 2.15. The van der Waals surface area contributed by atoms with Gasteiger partial charge in [0.05, 0.1) is 11.2 Å². The van der Waals surface area contributed by atoms with Gasteiger partial charge in [-0.15, -0.1) is 0 Å². The van der Waals surface area contributed by atoms with E-state index >= 15 is 0 Å². The Morgan fingerprint density at radius 1 is 1.19 bits per heavy atom. The van der Waals surface area contributed by atoms with Crippen molar-refractivity contribution in [3.05, 3.63) is 48.4 Å². The van der Waals surface area contributed by atoms with Crippen LogP contribution in [0.3, 0.4) is 0 Å². The Balaban J connectivity index is 1.84. The molecule has 1 heterocycles. The summed E-state index contributed by atoms with van der Waals surface area (Å²) in [4.78, 5) is 35.6. The number of nitrogens with one attached hydrogen (secondary N) is 2. The maximum absolute atomic E-state index is 11.9. The van der Waals surface area contributed by atoms with Crippen LogP contribution in [0.25, 0.3) is 0 Å². The lowest BCUT2D eigenvalue weighted by Gasteiger charge is -2.12. The number of carbonyl (C=O) groups is 3. The van der Waals surface area contributed by atoms with Gasteiger partial charge < -0.3 is 19.8 Å². The highest BCUT2D eigenvalue weighted by molar-refractivity contribution is 7.90. The van der Waals surface area contributed by atoms with Crippen LogP contribution < -0.4 is 10.6 Å². The van der Waals surface area contributed by atoms with Crippen LogP contribution in [0.2, 0.25) is 0 Å². The largest absolute Gasteiger partial charge is 0.459 e. The topological polar surface area (TPSA) is 132 Å². The number of esters is 1. The Morgan fingerprint density at radius 3 is 2.56 bits per heavy atom. The zero-order chi connectivity index (χ0) is 20.0. The molecule has 9 nitrogen and oxygen atoms in total. The monoisotopic (exact) mass is 394 g/mol. The summed E-state index contributed by atoms with van der Waals surface area (Å²) in [5.74, 6) is -2.02. The van der Waals surface area contributed by atoms with Crippen LogP contribution in [-0.2, 0) is 24.2 Å². The molecule has 27 heavy (non-hydrogen) atoms. The summed E-state index contributed by atoms with van der Waals surface area (Å²) in [5, 5.41) is 4.80. The highest BCUT2D eigenvalue weighted by Gasteiger charge is 2.20. The molecule has 2 N–H and O–H groups in total. The van der Waals surface area contributed by atoms with E-state index in [9.17, 15) is 22.8 Å². The molecule has 144 valence electrons. The van der Waals surface area contributed by atoms with Gasteiger partial charge in [-0.05, 0) is 37.3 Å².